The summed E-state index contributed by atoms with van der Waals surface area (Å²) in [5, 5.41) is 3.25. The van der Waals surface area contributed by atoms with Gasteiger partial charge in [0.2, 0.25) is 11.8 Å². The zero-order chi connectivity index (χ0) is 14.4. The Kier molecular flexibility index (Phi) is 5.31. The Bertz CT molecular complexity index is 447. The number of nitrogens with one attached hydrogen (secondary N) is 1. The number of hydrogen-bond acceptors (Lipinski definition) is 5. The highest BCUT2D eigenvalue weighted by Gasteiger charge is 2.18. The van der Waals surface area contributed by atoms with Gasteiger partial charge in [0.05, 0.1) is 13.7 Å². The molecule has 2 rings (SSSR count). The number of hydrogen-bond donors (Lipinski definition) is 1. The third-order valence-electron chi connectivity index (χ3n) is 3.36. The van der Waals surface area contributed by atoms with Gasteiger partial charge < -0.3 is 15.0 Å². The van der Waals surface area contributed by atoms with Crippen LogP contribution < -0.4 is 10.1 Å². The van der Waals surface area contributed by atoms with E-state index in [1.807, 2.05) is 29.0 Å². The number of carbonyl (C=O) groups excluding carboxylic acids is 1. The van der Waals surface area contributed by atoms with Crippen molar-refractivity contribution >= 4 is 5.91 Å². The number of carbonyl (C=O) groups is 1. The lowest BCUT2D eigenvalue weighted by Crippen LogP contribution is -2.49. The molecule has 0 spiro atoms. The fourth-order valence-electron chi connectivity index (χ4n) is 2.32. The third-order valence-corrected chi connectivity index (χ3v) is 3.36. The summed E-state index contributed by atoms with van der Waals surface area (Å²) < 4.78 is 5.23. The summed E-state index contributed by atoms with van der Waals surface area (Å²) in [6.45, 7) is 4.41. The van der Waals surface area contributed by atoms with E-state index in [0.717, 1.165) is 31.7 Å². The van der Waals surface area contributed by atoms with Crippen LogP contribution in [0, 0.1) is 0 Å². The van der Waals surface area contributed by atoms with Gasteiger partial charge in [-0.15, -0.1) is 0 Å². The van der Waals surface area contributed by atoms with Crippen molar-refractivity contribution in [2.75, 3.05) is 46.9 Å². The van der Waals surface area contributed by atoms with Gasteiger partial charge in [-0.2, -0.15) is 0 Å². The van der Waals surface area contributed by atoms with Crippen molar-refractivity contribution in [2.45, 2.75) is 6.54 Å². The number of likely N-dealkylation sites (N-methyl/N-ethyl adjacent to an activating group) is 1. The third kappa shape index (κ3) is 3.91. The molecule has 1 aromatic heterocycles. The first-order valence-corrected chi connectivity index (χ1v) is 6.85. The summed E-state index contributed by atoms with van der Waals surface area (Å²) in [6.07, 6.45) is 1.70. The van der Waals surface area contributed by atoms with E-state index in [9.17, 15) is 4.79 Å². The van der Waals surface area contributed by atoms with Gasteiger partial charge in [0, 0.05) is 44.5 Å². The van der Waals surface area contributed by atoms with Gasteiger partial charge in [0.25, 0.3) is 0 Å². The van der Waals surface area contributed by atoms with Crippen LogP contribution >= 0.6 is 0 Å². The van der Waals surface area contributed by atoms with Crippen molar-refractivity contribution in [1.29, 1.82) is 0 Å². The molecule has 1 aliphatic rings. The van der Waals surface area contributed by atoms with Crippen LogP contribution in [0.2, 0.25) is 0 Å². The molecule has 110 valence electrons. The summed E-state index contributed by atoms with van der Waals surface area (Å²) >= 11 is 0. The van der Waals surface area contributed by atoms with Crippen LogP contribution in [0.15, 0.2) is 18.3 Å². The molecule has 6 heteroatoms. The average Bonchev–Trinajstić information content (AvgIpc) is 2.48. The van der Waals surface area contributed by atoms with E-state index in [2.05, 4.69) is 10.3 Å². The minimum absolute atomic E-state index is 0.178. The quantitative estimate of drug-likeness (QED) is 0.818. The maximum atomic E-state index is 12.2. The van der Waals surface area contributed by atoms with Crippen LogP contribution in [0.1, 0.15) is 5.56 Å². The predicted octanol–water partition coefficient (Wildman–Crippen LogP) is -0.0462. The molecule has 1 N–H and O–H groups in total. The van der Waals surface area contributed by atoms with Crippen LogP contribution in [0.5, 0.6) is 5.88 Å². The zero-order valence-corrected chi connectivity index (χ0v) is 12.1. The van der Waals surface area contributed by atoms with Gasteiger partial charge in [-0.1, -0.05) is 6.07 Å². The Morgan fingerprint density at radius 2 is 2.25 bits per heavy atom. The standard InChI is InChI=1S/C14H22N4O2/c1-17(10-12-4-3-5-16-14(12)20-2)11-13(19)18-8-6-15-7-9-18/h3-5,15H,6-11H2,1-2H3. The lowest BCUT2D eigenvalue weighted by Gasteiger charge is -2.29. The number of amides is 1. The molecular weight excluding hydrogens is 256 g/mol. The van der Waals surface area contributed by atoms with Gasteiger partial charge in [-0.05, 0) is 13.1 Å². The SMILES string of the molecule is COc1ncccc1CN(C)CC(=O)N1CCNCC1. The van der Waals surface area contributed by atoms with Gasteiger partial charge in [0.1, 0.15) is 0 Å². The molecule has 1 aromatic rings. The summed E-state index contributed by atoms with van der Waals surface area (Å²) in [7, 11) is 3.55. The highest BCUT2D eigenvalue weighted by Crippen LogP contribution is 2.15. The molecule has 20 heavy (non-hydrogen) atoms. The van der Waals surface area contributed by atoms with E-state index in [0.29, 0.717) is 19.0 Å². The Morgan fingerprint density at radius 1 is 1.50 bits per heavy atom. The lowest BCUT2D eigenvalue weighted by molar-refractivity contribution is -0.132. The van der Waals surface area contributed by atoms with E-state index in [4.69, 9.17) is 4.74 Å². The van der Waals surface area contributed by atoms with E-state index in [1.54, 1.807) is 13.3 Å². The van der Waals surface area contributed by atoms with Crippen molar-refractivity contribution in [1.82, 2.24) is 20.1 Å². The van der Waals surface area contributed by atoms with E-state index in [-0.39, 0.29) is 5.91 Å². The molecule has 0 radical (unpaired) electrons. The number of piperazine rings is 1. The first kappa shape index (κ1) is 14.7. The normalized spacial score (nSPS) is 15.4. The largest absolute Gasteiger partial charge is 0.481 e. The first-order chi connectivity index (χ1) is 9.70. The predicted molar refractivity (Wildman–Crippen MR) is 76.6 cm³/mol. The molecular formula is C14H22N4O2. The molecule has 2 heterocycles. The minimum atomic E-state index is 0.178. The molecule has 1 amide bonds. The number of methoxy groups -OCH3 is 1. The second kappa shape index (κ2) is 7.21. The molecule has 0 saturated carbocycles. The smallest absolute Gasteiger partial charge is 0.236 e. The molecule has 6 nitrogen and oxygen atoms in total. The van der Waals surface area contributed by atoms with Crippen LogP contribution in [-0.4, -0.2) is 67.6 Å². The summed E-state index contributed by atoms with van der Waals surface area (Å²) in [6, 6.07) is 3.85. The van der Waals surface area contributed by atoms with Crippen LogP contribution in [0.25, 0.3) is 0 Å². The van der Waals surface area contributed by atoms with Crippen LogP contribution in [-0.2, 0) is 11.3 Å². The molecule has 1 saturated heterocycles. The monoisotopic (exact) mass is 278 g/mol. The summed E-state index contributed by atoms with van der Waals surface area (Å²) in [5.74, 6) is 0.797. The average molecular weight is 278 g/mol. The molecule has 1 aliphatic heterocycles. The van der Waals surface area contributed by atoms with Gasteiger partial charge in [-0.25, -0.2) is 4.98 Å². The molecule has 0 unspecified atom stereocenters. The number of ether oxygens (including phenoxy) is 1. The van der Waals surface area contributed by atoms with Gasteiger partial charge >= 0.3 is 0 Å². The molecule has 0 aliphatic carbocycles. The number of nitrogens with zero attached hydrogens (tertiary/aromatic N) is 3. The number of rotatable bonds is 5. The summed E-state index contributed by atoms with van der Waals surface area (Å²) in [5.41, 5.74) is 0.991. The minimum Gasteiger partial charge on any atom is -0.481 e. The van der Waals surface area contributed by atoms with Crippen molar-refractivity contribution in [2.24, 2.45) is 0 Å². The maximum Gasteiger partial charge on any atom is 0.236 e. The van der Waals surface area contributed by atoms with E-state index >= 15 is 0 Å². The lowest BCUT2D eigenvalue weighted by atomic mass is 10.2. The fourth-order valence-corrected chi connectivity index (χ4v) is 2.32. The second-order valence-corrected chi connectivity index (χ2v) is 4.97. The number of aromatic nitrogens is 1. The second-order valence-electron chi connectivity index (χ2n) is 4.97. The van der Waals surface area contributed by atoms with E-state index < -0.39 is 0 Å². The van der Waals surface area contributed by atoms with Crippen LogP contribution in [0.3, 0.4) is 0 Å². The Balaban J connectivity index is 1.88. The van der Waals surface area contributed by atoms with Gasteiger partial charge in [0.15, 0.2) is 0 Å². The Labute approximate surface area is 119 Å². The van der Waals surface area contributed by atoms with Crippen LogP contribution in [0.4, 0.5) is 0 Å². The van der Waals surface area contributed by atoms with Crippen molar-refractivity contribution in [3.63, 3.8) is 0 Å². The van der Waals surface area contributed by atoms with Crippen molar-refractivity contribution in [3.05, 3.63) is 23.9 Å². The topological polar surface area (TPSA) is 57.7 Å². The Morgan fingerprint density at radius 3 is 2.95 bits per heavy atom. The Hall–Kier alpha value is -1.66. The molecule has 0 aromatic carbocycles. The highest BCUT2D eigenvalue weighted by molar-refractivity contribution is 5.78. The molecule has 0 atom stereocenters. The number of pyridine rings is 1. The molecule has 0 bridgehead atoms. The van der Waals surface area contributed by atoms with Crippen molar-refractivity contribution in [3.8, 4) is 5.88 Å². The molecule has 1 fully saturated rings. The van der Waals surface area contributed by atoms with Gasteiger partial charge in [-0.3, -0.25) is 9.69 Å². The highest BCUT2D eigenvalue weighted by atomic mass is 16.5. The first-order valence-electron chi connectivity index (χ1n) is 6.85. The van der Waals surface area contributed by atoms with E-state index in [1.165, 1.54) is 0 Å². The zero-order valence-electron chi connectivity index (χ0n) is 12.1. The van der Waals surface area contributed by atoms with Crippen molar-refractivity contribution < 1.29 is 9.53 Å². The fraction of sp³-hybridized carbons (Fsp3) is 0.571. The maximum absolute atomic E-state index is 12.2. The summed E-state index contributed by atoms with van der Waals surface area (Å²) in [4.78, 5) is 20.2.